The molecule has 4 nitrogen and oxygen atoms in total. The lowest BCUT2D eigenvalue weighted by Gasteiger charge is -2.43. The molecular formula is C19H29ClN2O2. The fourth-order valence-electron chi connectivity index (χ4n) is 4.31. The topological polar surface area (TPSA) is 64.3 Å². The van der Waals surface area contributed by atoms with Gasteiger partial charge in [0.05, 0.1) is 7.11 Å². The number of rotatable bonds is 5. The predicted molar refractivity (Wildman–Crippen MR) is 98.5 cm³/mol. The molecule has 2 fully saturated rings. The molecule has 0 spiro atoms. The van der Waals surface area contributed by atoms with Crippen LogP contribution in [0.5, 0.6) is 5.75 Å². The number of nitrogens with one attached hydrogen (secondary N) is 1. The van der Waals surface area contributed by atoms with Crippen molar-refractivity contribution in [2.45, 2.75) is 44.6 Å². The first-order chi connectivity index (χ1) is 11.2. The second-order valence-corrected chi connectivity index (χ2v) is 7.09. The number of fused-ring (bicyclic) bond motifs is 2. The highest BCUT2D eigenvalue weighted by molar-refractivity contribution is 5.85. The third-order valence-corrected chi connectivity index (χ3v) is 5.63. The van der Waals surface area contributed by atoms with Gasteiger partial charge in [0.15, 0.2) is 0 Å². The number of hydrogen-bond acceptors (Lipinski definition) is 3. The van der Waals surface area contributed by atoms with Crippen molar-refractivity contribution < 1.29 is 9.53 Å². The van der Waals surface area contributed by atoms with Gasteiger partial charge in [0.25, 0.3) is 0 Å². The fourth-order valence-corrected chi connectivity index (χ4v) is 4.31. The molecule has 0 aromatic heterocycles. The van der Waals surface area contributed by atoms with Crippen molar-refractivity contribution in [3.05, 3.63) is 29.8 Å². The Bertz CT molecular complexity index is 538. The first kappa shape index (κ1) is 19.1. The van der Waals surface area contributed by atoms with E-state index in [1.54, 1.807) is 7.11 Å². The fraction of sp³-hybridized carbons (Fsp3) is 0.632. The van der Waals surface area contributed by atoms with Gasteiger partial charge in [0, 0.05) is 18.5 Å². The lowest BCUT2D eigenvalue weighted by atomic mass is 9.65. The summed E-state index contributed by atoms with van der Waals surface area (Å²) in [6.07, 6.45) is 6.47. The average molecular weight is 353 g/mol. The van der Waals surface area contributed by atoms with Gasteiger partial charge in [-0.15, -0.1) is 12.4 Å². The first-order valence-electron chi connectivity index (χ1n) is 8.83. The SMILES string of the molecule is COc1cccc(CCNC(=O)C2CC3CCCC(C2)C3N)c1.Cl. The maximum atomic E-state index is 12.5. The van der Waals surface area contributed by atoms with Crippen molar-refractivity contribution in [1.29, 1.82) is 0 Å². The number of ether oxygens (including phenoxy) is 1. The summed E-state index contributed by atoms with van der Waals surface area (Å²) in [5.41, 5.74) is 7.49. The monoisotopic (exact) mass is 352 g/mol. The molecular weight excluding hydrogens is 324 g/mol. The van der Waals surface area contributed by atoms with Crippen LogP contribution in [0, 0.1) is 17.8 Å². The summed E-state index contributed by atoms with van der Waals surface area (Å²) in [5.74, 6) is 2.35. The van der Waals surface area contributed by atoms with Crippen LogP contribution in [0.1, 0.15) is 37.7 Å². The number of methoxy groups -OCH3 is 1. The Morgan fingerprint density at radius 2 is 2.00 bits per heavy atom. The molecule has 24 heavy (non-hydrogen) atoms. The zero-order chi connectivity index (χ0) is 16.2. The number of carbonyl (C=O) groups is 1. The minimum Gasteiger partial charge on any atom is -0.497 e. The molecule has 0 heterocycles. The van der Waals surface area contributed by atoms with Gasteiger partial charge in [-0.3, -0.25) is 4.79 Å². The van der Waals surface area contributed by atoms with E-state index in [1.165, 1.54) is 24.8 Å². The van der Waals surface area contributed by atoms with Crippen LogP contribution in [-0.4, -0.2) is 25.6 Å². The maximum Gasteiger partial charge on any atom is 0.223 e. The van der Waals surface area contributed by atoms with Gasteiger partial charge in [0.1, 0.15) is 5.75 Å². The van der Waals surface area contributed by atoms with Crippen LogP contribution in [0.4, 0.5) is 0 Å². The number of carbonyl (C=O) groups excluding carboxylic acids is 1. The Morgan fingerprint density at radius 1 is 1.29 bits per heavy atom. The van der Waals surface area contributed by atoms with Crippen molar-refractivity contribution >= 4 is 18.3 Å². The van der Waals surface area contributed by atoms with Gasteiger partial charge >= 0.3 is 0 Å². The van der Waals surface area contributed by atoms with Gasteiger partial charge in [-0.1, -0.05) is 18.6 Å². The van der Waals surface area contributed by atoms with E-state index < -0.39 is 0 Å². The standard InChI is InChI=1S/C19H28N2O2.ClH/c1-23-17-7-2-4-13(10-17)8-9-21-19(22)16-11-14-5-3-6-15(12-16)18(14)20;/h2,4,7,10,14-16,18H,3,5-6,8-9,11-12,20H2,1H3,(H,21,22);1H. The maximum absolute atomic E-state index is 12.5. The third-order valence-electron chi connectivity index (χ3n) is 5.63. The molecule has 0 aliphatic heterocycles. The Hall–Kier alpha value is -1.26. The molecule has 0 saturated heterocycles. The lowest BCUT2D eigenvalue weighted by Crippen LogP contribution is -2.49. The van der Waals surface area contributed by atoms with Gasteiger partial charge < -0.3 is 15.8 Å². The highest BCUT2D eigenvalue weighted by atomic mass is 35.5. The molecule has 2 unspecified atom stereocenters. The van der Waals surface area contributed by atoms with E-state index in [-0.39, 0.29) is 24.2 Å². The van der Waals surface area contributed by atoms with E-state index in [9.17, 15) is 4.79 Å². The lowest BCUT2D eigenvalue weighted by molar-refractivity contribution is -0.127. The first-order valence-corrected chi connectivity index (χ1v) is 8.83. The summed E-state index contributed by atoms with van der Waals surface area (Å²) in [5, 5.41) is 3.12. The minimum absolute atomic E-state index is 0. The van der Waals surface area contributed by atoms with Crippen molar-refractivity contribution in [1.82, 2.24) is 5.32 Å². The zero-order valence-corrected chi connectivity index (χ0v) is 15.2. The molecule has 2 aliphatic rings. The molecule has 134 valence electrons. The zero-order valence-electron chi connectivity index (χ0n) is 14.4. The number of amides is 1. The molecule has 2 atom stereocenters. The Morgan fingerprint density at radius 3 is 2.67 bits per heavy atom. The van der Waals surface area contributed by atoms with Gasteiger partial charge in [0.2, 0.25) is 5.91 Å². The summed E-state index contributed by atoms with van der Waals surface area (Å²) < 4.78 is 5.23. The van der Waals surface area contributed by atoms with Crippen molar-refractivity contribution in [2.75, 3.05) is 13.7 Å². The second-order valence-electron chi connectivity index (χ2n) is 7.09. The smallest absolute Gasteiger partial charge is 0.223 e. The Kier molecular flexibility index (Phi) is 6.93. The number of nitrogens with two attached hydrogens (primary N) is 1. The van der Waals surface area contributed by atoms with Gasteiger partial charge in [-0.25, -0.2) is 0 Å². The van der Waals surface area contributed by atoms with E-state index >= 15 is 0 Å². The van der Waals surface area contributed by atoms with Crippen LogP contribution in [0.3, 0.4) is 0 Å². The molecule has 5 heteroatoms. The highest BCUT2D eigenvalue weighted by Gasteiger charge is 2.40. The van der Waals surface area contributed by atoms with Crippen LogP contribution in [0.2, 0.25) is 0 Å². The molecule has 2 bridgehead atoms. The van der Waals surface area contributed by atoms with Gasteiger partial charge in [-0.2, -0.15) is 0 Å². The molecule has 3 N–H and O–H groups in total. The van der Waals surface area contributed by atoms with E-state index in [2.05, 4.69) is 11.4 Å². The van der Waals surface area contributed by atoms with Crippen molar-refractivity contribution in [3.63, 3.8) is 0 Å². The molecule has 3 rings (SSSR count). The second kappa shape index (κ2) is 8.72. The molecule has 1 aromatic rings. The average Bonchev–Trinajstić information content (AvgIpc) is 2.54. The Balaban J connectivity index is 0.00000208. The number of benzene rings is 1. The molecule has 0 radical (unpaired) electrons. The Labute approximate surface area is 150 Å². The summed E-state index contributed by atoms with van der Waals surface area (Å²) >= 11 is 0. The summed E-state index contributed by atoms with van der Waals surface area (Å²) in [4.78, 5) is 12.5. The minimum atomic E-state index is 0. The third kappa shape index (κ3) is 4.42. The quantitative estimate of drug-likeness (QED) is 0.856. The highest BCUT2D eigenvalue weighted by Crippen LogP contribution is 2.41. The van der Waals surface area contributed by atoms with Crippen molar-refractivity contribution in [2.24, 2.45) is 23.5 Å². The molecule has 2 aliphatic carbocycles. The summed E-state index contributed by atoms with van der Waals surface area (Å²) in [6, 6.07) is 8.34. The van der Waals surface area contributed by atoms with E-state index in [0.717, 1.165) is 25.0 Å². The van der Waals surface area contributed by atoms with Crippen LogP contribution in [0.15, 0.2) is 24.3 Å². The van der Waals surface area contributed by atoms with E-state index in [4.69, 9.17) is 10.5 Å². The van der Waals surface area contributed by atoms with Crippen LogP contribution in [0.25, 0.3) is 0 Å². The number of hydrogen-bond donors (Lipinski definition) is 2. The predicted octanol–water partition coefficient (Wildman–Crippen LogP) is 2.93. The van der Waals surface area contributed by atoms with E-state index in [1.807, 2.05) is 18.2 Å². The largest absolute Gasteiger partial charge is 0.497 e. The van der Waals surface area contributed by atoms with Gasteiger partial charge in [-0.05, 0) is 61.6 Å². The van der Waals surface area contributed by atoms with Crippen LogP contribution < -0.4 is 15.8 Å². The summed E-state index contributed by atoms with van der Waals surface area (Å²) in [6.45, 7) is 0.684. The van der Waals surface area contributed by atoms with Crippen LogP contribution >= 0.6 is 12.4 Å². The van der Waals surface area contributed by atoms with Crippen LogP contribution in [-0.2, 0) is 11.2 Å². The number of halogens is 1. The molecule has 2 saturated carbocycles. The molecule has 1 amide bonds. The van der Waals surface area contributed by atoms with E-state index in [0.29, 0.717) is 24.4 Å². The summed E-state index contributed by atoms with van der Waals surface area (Å²) in [7, 11) is 1.67. The van der Waals surface area contributed by atoms with Crippen molar-refractivity contribution in [3.8, 4) is 5.75 Å². The molecule has 1 aromatic carbocycles. The normalized spacial score (nSPS) is 28.6.